The number of fused-ring (bicyclic) bond motifs is 8. The van der Waals surface area contributed by atoms with Crippen LogP contribution < -0.4 is 4.65 Å². The summed E-state index contributed by atoms with van der Waals surface area (Å²) in [6.07, 6.45) is 8.09. The van der Waals surface area contributed by atoms with Crippen LogP contribution in [0.2, 0.25) is 0 Å². The summed E-state index contributed by atoms with van der Waals surface area (Å²) in [5.74, 6) is 0.910. The van der Waals surface area contributed by atoms with Crippen LogP contribution in [-0.2, 0) is 0 Å². The Kier molecular flexibility index (Phi) is 5.41. The van der Waals surface area contributed by atoms with Crippen molar-refractivity contribution in [3.63, 3.8) is 0 Å². The number of rotatable bonds is 1. The molecule has 0 fully saturated rings. The SMILES string of the molecule is BOc1ccccc1.C1=Cc2cc3ccc(cc4nc(cc5ccc(cc1n2)[nH]5)C=C4)[nH]3. The molecule has 3 aromatic heterocycles. The molecule has 5 nitrogen and oxygen atoms in total. The lowest BCUT2D eigenvalue weighted by molar-refractivity contribution is 0.616. The van der Waals surface area contributed by atoms with Gasteiger partial charge in [-0.2, -0.15) is 0 Å². The van der Waals surface area contributed by atoms with Crippen LogP contribution in [-0.4, -0.2) is 28.0 Å². The molecule has 5 heterocycles. The first-order valence-electron chi connectivity index (χ1n) is 10.4. The Labute approximate surface area is 186 Å². The molecular weight excluding hydrogens is 395 g/mol. The van der Waals surface area contributed by atoms with Crippen LogP contribution in [0.3, 0.4) is 0 Å². The molecule has 6 heteroatoms. The maximum atomic E-state index is 4.91. The molecule has 0 saturated carbocycles. The first kappa shape index (κ1) is 19.6. The molecule has 4 aromatic rings. The van der Waals surface area contributed by atoms with Gasteiger partial charge in [0.2, 0.25) is 0 Å². The van der Waals surface area contributed by atoms with Gasteiger partial charge in [0.1, 0.15) is 0 Å². The first-order valence-corrected chi connectivity index (χ1v) is 10.4. The lowest BCUT2D eigenvalue weighted by Gasteiger charge is -1.95. The fraction of sp³-hybridized carbons (Fsp3) is 0. The van der Waals surface area contributed by atoms with Crippen LogP contribution in [0.1, 0.15) is 22.8 Å². The van der Waals surface area contributed by atoms with Crippen molar-refractivity contribution in [2.45, 2.75) is 0 Å². The number of nitrogens with zero attached hydrogens (tertiary/aromatic N) is 2. The summed E-state index contributed by atoms with van der Waals surface area (Å²) in [6, 6.07) is 26.0. The number of hydrogen-bond acceptors (Lipinski definition) is 3. The van der Waals surface area contributed by atoms with Gasteiger partial charge in [0.25, 0.3) is 0 Å². The zero-order chi connectivity index (χ0) is 21.8. The Morgan fingerprint density at radius 3 is 1.22 bits per heavy atom. The molecule has 8 bridgehead atoms. The van der Waals surface area contributed by atoms with Gasteiger partial charge in [0.15, 0.2) is 0 Å². The van der Waals surface area contributed by atoms with E-state index in [0.717, 1.165) is 50.6 Å². The Bertz CT molecular complexity index is 1290. The number of nitrogens with one attached hydrogen (secondary N) is 2. The molecule has 32 heavy (non-hydrogen) atoms. The first-order chi connectivity index (χ1) is 15.7. The van der Waals surface area contributed by atoms with Gasteiger partial charge >= 0.3 is 8.05 Å². The van der Waals surface area contributed by atoms with E-state index in [0.29, 0.717) is 0 Å². The molecule has 6 rings (SSSR count). The maximum Gasteiger partial charge on any atom is 0.322 e. The zero-order valence-corrected chi connectivity index (χ0v) is 17.6. The molecular formula is C26H21BN4O. The quantitative estimate of drug-likeness (QED) is 0.359. The van der Waals surface area contributed by atoms with Gasteiger partial charge < -0.3 is 14.6 Å². The van der Waals surface area contributed by atoms with Crippen molar-refractivity contribution in [3.05, 3.63) is 102 Å². The molecule has 1 aromatic carbocycles. The molecule has 0 atom stereocenters. The average molecular weight is 416 g/mol. The fourth-order valence-electron chi connectivity index (χ4n) is 3.50. The van der Waals surface area contributed by atoms with Crippen LogP contribution in [0.4, 0.5) is 0 Å². The predicted octanol–water partition coefficient (Wildman–Crippen LogP) is 5.27. The van der Waals surface area contributed by atoms with Crippen molar-refractivity contribution in [3.8, 4) is 5.75 Å². The highest BCUT2D eigenvalue weighted by Gasteiger charge is 2.01. The molecule has 0 spiro atoms. The predicted molar refractivity (Wildman–Crippen MR) is 134 cm³/mol. The Balaban J connectivity index is 0.000000230. The number of hydrogen-bond donors (Lipinski definition) is 2. The smallest absolute Gasteiger partial charge is 0.322 e. The minimum absolute atomic E-state index is 0.910. The van der Waals surface area contributed by atoms with E-state index in [1.54, 1.807) is 8.05 Å². The summed E-state index contributed by atoms with van der Waals surface area (Å²) in [6.45, 7) is 0. The summed E-state index contributed by atoms with van der Waals surface area (Å²) < 4.78 is 4.91. The van der Waals surface area contributed by atoms with Crippen LogP contribution in [0.5, 0.6) is 5.75 Å². The van der Waals surface area contributed by atoms with Crippen LogP contribution in [0.25, 0.3) is 46.4 Å². The van der Waals surface area contributed by atoms with E-state index in [4.69, 9.17) is 4.65 Å². The van der Waals surface area contributed by atoms with Gasteiger partial charge in [-0.25, -0.2) is 9.97 Å². The van der Waals surface area contributed by atoms with E-state index in [9.17, 15) is 0 Å². The summed E-state index contributed by atoms with van der Waals surface area (Å²) >= 11 is 0. The van der Waals surface area contributed by atoms with Crippen molar-refractivity contribution in [1.82, 2.24) is 19.9 Å². The third-order valence-corrected chi connectivity index (χ3v) is 5.02. The summed E-state index contributed by atoms with van der Waals surface area (Å²) in [7, 11) is 1.66. The molecule has 2 aliphatic rings. The Hall–Kier alpha value is -4.32. The number of benzene rings is 1. The largest absolute Gasteiger partial charge is 0.568 e. The number of aromatic nitrogens is 4. The van der Waals surface area contributed by atoms with Crippen molar-refractivity contribution in [1.29, 1.82) is 0 Å². The second-order valence-electron chi connectivity index (χ2n) is 7.42. The van der Waals surface area contributed by atoms with Crippen molar-refractivity contribution in [2.24, 2.45) is 0 Å². The second-order valence-corrected chi connectivity index (χ2v) is 7.42. The molecule has 0 amide bonds. The van der Waals surface area contributed by atoms with Crippen LogP contribution in [0, 0.1) is 0 Å². The van der Waals surface area contributed by atoms with Gasteiger partial charge in [-0.3, -0.25) is 0 Å². The van der Waals surface area contributed by atoms with Gasteiger partial charge in [-0.1, -0.05) is 18.2 Å². The lowest BCUT2D eigenvalue weighted by Crippen LogP contribution is -1.81. The minimum Gasteiger partial charge on any atom is -0.568 e. The molecule has 0 aliphatic carbocycles. The molecule has 2 aliphatic heterocycles. The van der Waals surface area contributed by atoms with E-state index in [1.165, 1.54) is 0 Å². The lowest BCUT2D eigenvalue weighted by atomic mass is 10.3. The highest BCUT2D eigenvalue weighted by molar-refractivity contribution is 5.99. The van der Waals surface area contributed by atoms with Crippen molar-refractivity contribution >= 4 is 54.4 Å². The Morgan fingerprint density at radius 1 is 0.531 bits per heavy atom. The standard InChI is InChI=1S/C20H14N4.C6H7BO/c1-2-14-10-16-5-6-18(23-16)12-20-8-7-19(24-20)11-17-4-3-15(22-17)9-13(1)21-14;7-8-6-4-2-1-3-5-6/h1-12,21,24H;1-5H,7H2. The van der Waals surface area contributed by atoms with Gasteiger partial charge in [0, 0.05) is 22.1 Å². The fourth-order valence-corrected chi connectivity index (χ4v) is 3.50. The minimum atomic E-state index is 0.910. The van der Waals surface area contributed by atoms with Crippen LogP contribution in [0.15, 0.2) is 78.9 Å². The highest BCUT2D eigenvalue weighted by Crippen LogP contribution is 2.17. The van der Waals surface area contributed by atoms with Gasteiger partial charge in [0.05, 0.1) is 28.5 Å². The molecule has 0 unspecified atom stereocenters. The molecule has 0 saturated heterocycles. The van der Waals surface area contributed by atoms with E-state index >= 15 is 0 Å². The third-order valence-electron chi connectivity index (χ3n) is 5.02. The number of H-pyrrole nitrogens is 2. The van der Waals surface area contributed by atoms with E-state index in [2.05, 4.69) is 44.2 Å². The molecule has 2 N–H and O–H groups in total. The summed E-state index contributed by atoms with van der Waals surface area (Å²) in [5, 5.41) is 0. The summed E-state index contributed by atoms with van der Waals surface area (Å²) in [5.41, 5.74) is 7.86. The van der Waals surface area contributed by atoms with E-state index < -0.39 is 0 Å². The van der Waals surface area contributed by atoms with Crippen LogP contribution >= 0.6 is 0 Å². The molecule has 0 radical (unpaired) electrons. The third kappa shape index (κ3) is 4.70. The van der Waals surface area contributed by atoms with Crippen molar-refractivity contribution < 1.29 is 4.65 Å². The van der Waals surface area contributed by atoms with Gasteiger partial charge in [-0.15, -0.1) is 0 Å². The average Bonchev–Trinajstić information content (AvgIpc) is 3.61. The number of aromatic amines is 2. The van der Waals surface area contributed by atoms with E-state index in [-0.39, 0.29) is 0 Å². The Morgan fingerprint density at radius 2 is 0.906 bits per heavy atom. The maximum absolute atomic E-state index is 4.91. The van der Waals surface area contributed by atoms with Crippen molar-refractivity contribution in [2.75, 3.05) is 0 Å². The second kappa shape index (κ2) is 8.82. The van der Waals surface area contributed by atoms with Gasteiger partial charge in [-0.05, 0) is 85.0 Å². The topological polar surface area (TPSA) is 66.6 Å². The molecule has 154 valence electrons. The van der Waals surface area contributed by atoms with E-state index in [1.807, 2.05) is 78.9 Å². The monoisotopic (exact) mass is 416 g/mol. The highest BCUT2D eigenvalue weighted by atomic mass is 16.4. The summed E-state index contributed by atoms with van der Waals surface area (Å²) in [4.78, 5) is 16.0. The number of para-hydroxylation sites is 1. The normalized spacial score (nSPS) is 11.6. The zero-order valence-electron chi connectivity index (χ0n) is 17.6.